The SMILES string of the molecule is CCN(CC)CCNC[C@@H]1CC=CCC1. The second-order valence-corrected chi connectivity index (χ2v) is 4.38. The van der Waals surface area contributed by atoms with Crippen molar-refractivity contribution in [3.05, 3.63) is 12.2 Å². The Morgan fingerprint density at radius 3 is 2.67 bits per heavy atom. The molecule has 0 unspecified atom stereocenters. The normalized spacial score (nSPS) is 21.1. The van der Waals surface area contributed by atoms with Gasteiger partial charge in [0.1, 0.15) is 0 Å². The zero-order valence-corrected chi connectivity index (χ0v) is 10.3. The van der Waals surface area contributed by atoms with Crippen LogP contribution in [-0.4, -0.2) is 37.6 Å². The molecule has 1 aliphatic rings. The van der Waals surface area contributed by atoms with E-state index in [2.05, 4.69) is 36.2 Å². The minimum atomic E-state index is 0.881. The van der Waals surface area contributed by atoms with E-state index in [0.717, 1.165) is 12.5 Å². The second kappa shape index (κ2) is 7.89. The summed E-state index contributed by atoms with van der Waals surface area (Å²) in [6, 6.07) is 0. The van der Waals surface area contributed by atoms with E-state index in [0.29, 0.717) is 0 Å². The van der Waals surface area contributed by atoms with Gasteiger partial charge in [0, 0.05) is 13.1 Å². The Balaban J connectivity index is 1.98. The number of nitrogens with zero attached hydrogens (tertiary/aromatic N) is 1. The molecule has 0 fully saturated rings. The number of likely N-dealkylation sites (N-methyl/N-ethyl adjacent to an activating group) is 1. The molecule has 1 aliphatic carbocycles. The van der Waals surface area contributed by atoms with Crippen LogP contribution in [0.4, 0.5) is 0 Å². The Labute approximate surface area is 94.7 Å². The first-order valence-electron chi connectivity index (χ1n) is 6.44. The van der Waals surface area contributed by atoms with Crippen molar-refractivity contribution in [1.29, 1.82) is 0 Å². The Kier molecular flexibility index (Phi) is 6.69. The highest BCUT2D eigenvalue weighted by Crippen LogP contribution is 2.16. The Hall–Kier alpha value is -0.340. The standard InChI is InChI=1S/C13H26N2/c1-3-15(4-2)11-10-14-12-13-8-6-5-7-9-13/h5-6,13-14H,3-4,7-12H2,1-2H3/t13-/m1/s1. The number of hydrogen-bond acceptors (Lipinski definition) is 2. The fourth-order valence-electron chi connectivity index (χ4n) is 2.12. The zero-order valence-electron chi connectivity index (χ0n) is 10.3. The summed E-state index contributed by atoms with van der Waals surface area (Å²) in [6.07, 6.45) is 8.57. The average Bonchev–Trinajstić information content (AvgIpc) is 2.31. The van der Waals surface area contributed by atoms with Crippen LogP contribution in [0.3, 0.4) is 0 Å². The van der Waals surface area contributed by atoms with Gasteiger partial charge in [0.05, 0.1) is 0 Å². The Bertz CT molecular complexity index is 173. The van der Waals surface area contributed by atoms with Gasteiger partial charge in [0.2, 0.25) is 0 Å². The van der Waals surface area contributed by atoms with Crippen molar-refractivity contribution in [1.82, 2.24) is 10.2 Å². The topological polar surface area (TPSA) is 15.3 Å². The lowest BCUT2D eigenvalue weighted by Crippen LogP contribution is -2.34. The largest absolute Gasteiger partial charge is 0.315 e. The fourth-order valence-corrected chi connectivity index (χ4v) is 2.12. The van der Waals surface area contributed by atoms with E-state index < -0.39 is 0 Å². The molecule has 1 N–H and O–H groups in total. The van der Waals surface area contributed by atoms with E-state index in [1.54, 1.807) is 0 Å². The van der Waals surface area contributed by atoms with Gasteiger partial charge in [-0.1, -0.05) is 26.0 Å². The van der Waals surface area contributed by atoms with E-state index in [4.69, 9.17) is 0 Å². The third-order valence-electron chi connectivity index (χ3n) is 3.31. The Morgan fingerprint density at radius 1 is 1.27 bits per heavy atom. The molecular weight excluding hydrogens is 184 g/mol. The van der Waals surface area contributed by atoms with Gasteiger partial charge in [-0.15, -0.1) is 0 Å². The summed E-state index contributed by atoms with van der Waals surface area (Å²) >= 11 is 0. The van der Waals surface area contributed by atoms with Gasteiger partial charge in [0.25, 0.3) is 0 Å². The van der Waals surface area contributed by atoms with Crippen molar-refractivity contribution in [3.63, 3.8) is 0 Å². The van der Waals surface area contributed by atoms with Gasteiger partial charge < -0.3 is 10.2 Å². The van der Waals surface area contributed by atoms with Crippen LogP contribution in [0.1, 0.15) is 33.1 Å². The van der Waals surface area contributed by atoms with Gasteiger partial charge in [0.15, 0.2) is 0 Å². The summed E-state index contributed by atoms with van der Waals surface area (Å²) in [5.41, 5.74) is 0. The van der Waals surface area contributed by atoms with E-state index in [-0.39, 0.29) is 0 Å². The van der Waals surface area contributed by atoms with E-state index >= 15 is 0 Å². The van der Waals surface area contributed by atoms with Gasteiger partial charge in [-0.25, -0.2) is 0 Å². The highest BCUT2D eigenvalue weighted by Gasteiger charge is 2.08. The highest BCUT2D eigenvalue weighted by molar-refractivity contribution is 4.90. The maximum atomic E-state index is 3.58. The first-order chi connectivity index (χ1) is 7.36. The van der Waals surface area contributed by atoms with Crippen LogP contribution in [-0.2, 0) is 0 Å². The molecule has 0 aromatic carbocycles. The van der Waals surface area contributed by atoms with E-state index in [1.165, 1.54) is 45.4 Å². The van der Waals surface area contributed by atoms with Crippen molar-refractivity contribution in [2.24, 2.45) is 5.92 Å². The summed E-state index contributed by atoms with van der Waals surface area (Å²) in [5, 5.41) is 3.58. The molecule has 0 amide bonds. The minimum absolute atomic E-state index is 0.881. The minimum Gasteiger partial charge on any atom is -0.315 e. The lowest BCUT2D eigenvalue weighted by atomic mass is 9.94. The van der Waals surface area contributed by atoms with Crippen LogP contribution in [0.5, 0.6) is 0 Å². The van der Waals surface area contributed by atoms with Gasteiger partial charge >= 0.3 is 0 Å². The predicted molar refractivity (Wildman–Crippen MR) is 67.1 cm³/mol. The van der Waals surface area contributed by atoms with Crippen molar-refractivity contribution < 1.29 is 0 Å². The zero-order chi connectivity index (χ0) is 10.9. The molecule has 0 spiro atoms. The fraction of sp³-hybridized carbons (Fsp3) is 0.846. The molecule has 0 aromatic rings. The summed E-state index contributed by atoms with van der Waals surface area (Å²) < 4.78 is 0. The average molecular weight is 210 g/mol. The number of rotatable bonds is 7. The summed E-state index contributed by atoms with van der Waals surface area (Å²) in [7, 11) is 0. The maximum Gasteiger partial charge on any atom is 0.0107 e. The van der Waals surface area contributed by atoms with Crippen molar-refractivity contribution >= 4 is 0 Å². The Morgan fingerprint density at radius 2 is 2.07 bits per heavy atom. The van der Waals surface area contributed by atoms with Gasteiger partial charge in [-0.05, 0) is 44.8 Å². The number of nitrogens with one attached hydrogen (secondary N) is 1. The number of allylic oxidation sites excluding steroid dienone is 2. The smallest absolute Gasteiger partial charge is 0.0107 e. The lowest BCUT2D eigenvalue weighted by molar-refractivity contribution is 0.297. The van der Waals surface area contributed by atoms with Gasteiger partial charge in [-0.2, -0.15) is 0 Å². The molecule has 2 nitrogen and oxygen atoms in total. The van der Waals surface area contributed by atoms with E-state index in [9.17, 15) is 0 Å². The molecule has 0 saturated heterocycles. The molecule has 2 heteroatoms. The van der Waals surface area contributed by atoms with Crippen molar-refractivity contribution in [2.75, 3.05) is 32.7 Å². The first-order valence-corrected chi connectivity index (χ1v) is 6.44. The van der Waals surface area contributed by atoms with Crippen molar-refractivity contribution in [2.45, 2.75) is 33.1 Å². The molecule has 0 bridgehead atoms. The molecule has 0 aliphatic heterocycles. The van der Waals surface area contributed by atoms with Crippen LogP contribution < -0.4 is 5.32 Å². The lowest BCUT2D eigenvalue weighted by Gasteiger charge is -2.21. The van der Waals surface area contributed by atoms with Crippen molar-refractivity contribution in [3.8, 4) is 0 Å². The molecule has 1 rings (SSSR count). The van der Waals surface area contributed by atoms with Crippen LogP contribution in [0, 0.1) is 5.92 Å². The molecule has 88 valence electrons. The molecule has 0 aromatic heterocycles. The third-order valence-corrected chi connectivity index (χ3v) is 3.31. The van der Waals surface area contributed by atoms with E-state index in [1.807, 2.05) is 0 Å². The molecule has 0 radical (unpaired) electrons. The molecule has 0 saturated carbocycles. The van der Waals surface area contributed by atoms with Crippen LogP contribution >= 0.6 is 0 Å². The third kappa shape index (κ3) is 5.33. The molecule has 0 heterocycles. The molecule has 1 atom stereocenters. The highest BCUT2D eigenvalue weighted by atomic mass is 15.1. The summed E-state index contributed by atoms with van der Waals surface area (Å²) in [4.78, 5) is 2.47. The summed E-state index contributed by atoms with van der Waals surface area (Å²) in [5.74, 6) is 0.881. The molecular formula is C13H26N2. The van der Waals surface area contributed by atoms with Crippen LogP contribution in [0.15, 0.2) is 12.2 Å². The number of hydrogen-bond donors (Lipinski definition) is 1. The maximum absolute atomic E-state index is 3.58. The predicted octanol–water partition coefficient (Wildman–Crippen LogP) is 2.27. The van der Waals surface area contributed by atoms with Crippen LogP contribution in [0.2, 0.25) is 0 Å². The van der Waals surface area contributed by atoms with Crippen LogP contribution in [0.25, 0.3) is 0 Å². The second-order valence-electron chi connectivity index (χ2n) is 4.38. The van der Waals surface area contributed by atoms with Gasteiger partial charge in [-0.3, -0.25) is 0 Å². The quantitative estimate of drug-likeness (QED) is 0.512. The molecule has 15 heavy (non-hydrogen) atoms. The summed E-state index contributed by atoms with van der Waals surface area (Å²) in [6.45, 7) is 10.3. The monoisotopic (exact) mass is 210 g/mol. The first kappa shape index (κ1) is 12.7.